The van der Waals surface area contributed by atoms with Crippen LogP contribution in [0, 0.1) is 0 Å². The average molecular weight is 310 g/mol. The quantitative estimate of drug-likeness (QED) is 0.603. The van der Waals surface area contributed by atoms with Gasteiger partial charge in [0.1, 0.15) is 0 Å². The van der Waals surface area contributed by atoms with Gasteiger partial charge in [-0.2, -0.15) is 0 Å². The predicted molar refractivity (Wildman–Crippen MR) is 85.2 cm³/mol. The van der Waals surface area contributed by atoms with E-state index in [2.05, 4.69) is 0 Å². The Morgan fingerprint density at radius 3 is 2.14 bits per heavy atom. The van der Waals surface area contributed by atoms with Gasteiger partial charge in [0.2, 0.25) is 0 Å². The van der Waals surface area contributed by atoms with Gasteiger partial charge in [-0.3, -0.25) is 0 Å². The fraction of sp³-hybridized carbons (Fsp3) is 0.529. The van der Waals surface area contributed by atoms with E-state index in [0.29, 0.717) is 6.42 Å². The molecule has 0 saturated carbocycles. The third kappa shape index (κ3) is 5.85. The molecule has 1 aliphatic rings. The zero-order valence-electron chi connectivity index (χ0n) is 13.8. The van der Waals surface area contributed by atoms with Crippen LogP contribution in [0.3, 0.4) is 0 Å². The SMILES string of the molecule is CC.CCOC(=O)C(O)(CC1=CC=CC=CC1)C(=O)OCC. The first kappa shape index (κ1) is 20.1. The molecule has 0 aromatic heterocycles. The number of esters is 2. The van der Waals surface area contributed by atoms with Gasteiger partial charge in [-0.1, -0.05) is 49.8 Å². The van der Waals surface area contributed by atoms with Crippen LogP contribution in [-0.4, -0.2) is 35.9 Å². The van der Waals surface area contributed by atoms with E-state index >= 15 is 0 Å². The number of allylic oxidation sites excluding steroid dienone is 5. The molecule has 5 heteroatoms. The lowest BCUT2D eigenvalue weighted by atomic mass is 9.92. The second-order valence-corrected chi connectivity index (χ2v) is 4.32. The summed E-state index contributed by atoms with van der Waals surface area (Å²) >= 11 is 0. The van der Waals surface area contributed by atoms with Crippen LogP contribution in [0.15, 0.2) is 36.0 Å². The maximum atomic E-state index is 11.9. The van der Waals surface area contributed by atoms with E-state index in [9.17, 15) is 14.7 Å². The molecule has 0 aromatic carbocycles. The van der Waals surface area contributed by atoms with Crippen LogP contribution in [-0.2, 0) is 19.1 Å². The molecule has 1 N–H and O–H groups in total. The van der Waals surface area contributed by atoms with Gasteiger partial charge in [-0.05, 0) is 20.3 Å². The second-order valence-electron chi connectivity index (χ2n) is 4.32. The summed E-state index contributed by atoms with van der Waals surface area (Å²) in [5, 5.41) is 10.4. The van der Waals surface area contributed by atoms with E-state index in [1.54, 1.807) is 26.0 Å². The van der Waals surface area contributed by atoms with Crippen LogP contribution in [0.25, 0.3) is 0 Å². The van der Waals surface area contributed by atoms with E-state index in [-0.39, 0.29) is 19.6 Å². The smallest absolute Gasteiger partial charge is 0.350 e. The molecule has 124 valence electrons. The Morgan fingerprint density at radius 2 is 1.64 bits per heavy atom. The molecule has 0 atom stereocenters. The molecular weight excluding hydrogens is 284 g/mol. The number of rotatable bonds is 6. The number of hydrogen-bond acceptors (Lipinski definition) is 5. The molecule has 0 amide bonds. The maximum absolute atomic E-state index is 11.9. The Labute approximate surface area is 132 Å². The summed E-state index contributed by atoms with van der Waals surface area (Å²) in [5.74, 6) is -1.95. The highest BCUT2D eigenvalue weighted by Crippen LogP contribution is 2.24. The van der Waals surface area contributed by atoms with Crippen molar-refractivity contribution in [1.82, 2.24) is 0 Å². The molecule has 0 saturated heterocycles. The molecular formula is C17H26O5. The van der Waals surface area contributed by atoms with Crippen molar-refractivity contribution in [2.24, 2.45) is 0 Å². The van der Waals surface area contributed by atoms with E-state index in [1.807, 2.05) is 32.1 Å². The molecule has 1 rings (SSSR count). The molecule has 1 aliphatic carbocycles. The Balaban J connectivity index is 0.00000211. The highest BCUT2D eigenvalue weighted by atomic mass is 16.6. The summed E-state index contributed by atoms with van der Waals surface area (Å²) in [6.07, 6.45) is 9.54. The minimum absolute atomic E-state index is 0.0827. The molecule has 0 heterocycles. The number of aliphatic hydroxyl groups is 1. The largest absolute Gasteiger partial charge is 0.463 e. The van der Waals surface area contributed by atoms with Crippen molar-refractivity contribution in [3.8, 4) is 0 Å². The summed E-state index contributed by atoms with van der Waals surface area (Å²) in [5.41, 5.74) is -1.54. The summed E-state index contributed by atoms with van der Waals surface area (Å²) < 4.78 is 9.59. The molecule has 0 fully saturated rings. The zero-order chi connectivity index (χ0) is 17.0. The topological polar surface area (TPSA) is 72.8 Å². The molecule has 0 unspecified atom stereocenters. The molecule has 0 aliphatic heterocycles. The molecule has 0 aromatic rings. The first-order valence-electron chi connectivity index (χ1n) is 7.62. The van der Waals surface area contributed by atoms with Crippen LogP contribution < -0.4 is 0 Å². The van der Waals surface area contributed by atoms with Crippen molar-refractivity contribution in [2.75, 3.05) is 13.2 Å². The highest BCUT2D eigenvalue weighted by molar-refractivity contribution is 6.03. The van der Waals surface area contributed by atoms with Crippen LogP contribution in [0.5, 0.6) is 0 Å². The third-order valence-corrected chi connectivity index (χ3v) is 2.78. The minimum Gasteiger partial charge on any atom is -0.463 e. The van der Waals surface area contributed by atoms with Gasteiger partial charge in [0.15, 0.2) is 0 Å². The van der Waals surface area contributed by atoms with Gasteiger partial charge < -0.3 is 14.6 Å². The Bertz CT molecular complexity index is 428. The van der Waals surface area contributed by atoms with Crippen molar-refractivity contribution < 1.29 is 24.2 Å². The average Bonchev–Trinajstić information content (AvgIpc) is 2.78. The van der Waals surface area contributed by atoms with Crippen molar-refractivity contribution in [3.05, 3.63) is 36.0 Å². The summed E-state index contributed by atoms with van der Waals surface area (Å²) in [6, 6.07) is 0. The van der Waals surface area contributed by atoms with Gasteiger partial charge in [-0.25, -0.2) is 9.59 Å². The van der Waals surface area contributed by atoms with E-state index in [0.717, 1.165) is 5.57 Å². The second kappa shape index (κ2) is 10.8. The zero-order valence-corrected chi connectivity index (χ0v) is 13.8. The van der Waals surface area contributed by atoms with Crippen LogP contribution in [0.4, 0.5) is 0 Å². The predicted octanol–water partition coefficient (Wildman–Crippen LogP) is 2.70. The molecule has 0 radical (unpaired) electrons. The van der Waals surface area contributed by atoms with Gasteiger partial charge in [0.25, 0.3) is 5.60 Å². The number of hydrogen-bond donors (Lipinski definition) is 1. The van der Waals surface area contributed by atoms with Crippen molar-refractivity contribution in [3.63, 3.8) is 0 Å². The first-order valence-corrected chi connectivity index (χ1v) is 7.62. The van der Waals surface area contributed by atoms with Gasteiger partial charge >= 0.3 is 11.9 Å². The summed E-state index contributed by atoms with van der Waals surface area (Å²) in [7, 11) is 0. The Morgan fingerprint density at radius 1 is 1.09 bits per heavy atom. The van der Waals surface area contributed by atoms with Gasteiger partial charge in [0.05, 0.1) is 13.2 Å². The Kier molecular flexibility index (Phi) is 9.87. The molecule has 0 spiro atoms. The molecule has 0 bridgehead atoms. The van der Waals surface area contributed by atoms with Gasteiger partial charge in [-0.15, -0.1) is 0 Å². The minimum atomic E-state index is -2.29. The lowest BCUT2D eigenvalue weighted by Gasteiger charge is -2.24. The van der Waals surface area contributed by atoms with E-state index in [4.69, 9.17) is 9.47 Å². The third-order valence-electron chi connectivity index (χ3n) is 2.78. The fourth-order valence-corrected chi connectivity index (χ4v) is 1.81. The van der Waals surface area contributed by atoms with Crippen LogP contribution >= 0.6 is 0 Å². The Hall–Kier alpha value is -1.88. The van der Waals surface area contributed by atoms with E-state index in [1.165, 1.54) is 0 Å². The number of ether oxygens (including phenoxy) is 2. The van der Waals surface area contributed by atoms with Crippen molar-refractivity contribution in [2.45, 2.75) is 46.1 Å². The summed E-state index contributed by atoms with van der Waals surface area (Å²) in [6.45, 7) is 7.39. The normalized spacial score (nSPS) is 13.4. The maximum Gasteiger partial charge on any atom is 0.350 e. The van der Waals surface area contributed by atoms with Crippen LogP contribution in [0.2, 0.25) is 0 Å². The van der Waals surface area contributed by atoms with E-state index < -0.39 is 17.5 Å². The number of carbonyl (C=O) groups is 2. The van der Waals surface area contributed by atoms with Gasteiger partial charge in [0, 0.05) is 6.42 Å². The lowest BCUT2D eigenvalue weighted by molar-refractivity contribution is -0.183. The molecule has 22 heavy (non-hydrogen) atoms. The van der Waals surface area contributed by atoms with Crippen molar-refractivity contribution >= 4 is 11.9 Å². The lowest BCUT2D eigenvalue weighted by Crippen LogP contribution is -2.49. The molecule has 5 nitrogen and oxygen atoms in total. The summed E-state index contributed by atoms with van der Waals surface area (Å²) in [4.78, 5) is 23.8. The fourth-order valence-electron chi connectivity index (χ4n) is 1.81. The van der Waals surface area contributed by atoms with Crippen LogP contribution in [0.1, 0.15) is 40.5 Å². The highest BCUT2D eigenvalue weighted by Gasteiger charge is 2.47. The van der Waals surface area contributed by atoms with Crippen molar-refractivity contribution in [1.29, 1.82) is 0 Å². The first-order chi connectivity index (χ1) is 10.5. The monoisotopic (exact) mass is 310 g/mol. The standard InChI is InChI=1S/C15H20O5.C2H6/c1-3-19-13(16)15(18,14(17)20-4-2)11-12-9-7-5-6-8-10-12;1-2/h5-9,18H,3-4,10-11H2,1-2H3;1-2H3. The number of carbonyl (C=O) groups excluding carboxylic acids is 2.